The van der Waals surface area contributed by atoms with Gasteiger partial charge >= 0.3 is 0 Å². The molecule has 2 N–H and O–H groups in total. The molecule has 0 saturated carbocycles. The molecular weight excluding hydrogens is 499 g/mol. The van der Waals surface area contributed by atoms with E-state index in [1.807, 2.05) is 31.2 Å². The normalized spacial score (nSPS) is 17.9. The molecule has 154 valence electrons. The van der Waals surface area contributed by atoms with E-state index in [-0.39, 0.29) is 30.0 Å². The topological polar surface area (TPSA) is 73.8 Å². The Morgan fingerprint density at radius 2 is 2.04 bits per heavy atom. The van der Waals surface area contributed by atoms with Gasteiger partial charge in [-0.2, -0.15) is 0 Å². The van der Waals surface area contributed by atoms with Crippen LogP contribution in [0.15, 0.2) is 29.3 Å². The summed E-state index contributed by atoms with van der Waals surface area (Å²) in [5.74, 6) is 1.18. The highest BCUT2D eigenvalue weighted by molar-refractivity contribution is 14.0. The average molecular weight is 529 g/mol. The fraction of sp³-hybridized carbons (Fsp3) is 0.611. The van der Waals surface area contributed by atoms with Crippen LogP contribution in [0.25, 0.3) is 0 Å². The van der Waals surface area contributed by atoms with Gasteiger partial charge in [-0.05, 0) is 50.3 Å². The van der Waals surface area contributed by atoms with Gasteiger partial charge < -0.3 is 10.6 Å². The van der Waals surface area contributed by atoms with Crippen LogP contribution >= 0.6 is 35.6 Å². The second-order valence-electron chi connectivity index (χ2n) is 6.75. The Morgan fingerprint density at radius 3 is 2.59 bits per heavy atom. The molecule has 0 amide bonds. The van der Waals surface area contributed by atoms with Crippen LogP contribution in [0.5, 0.6) is 0 Å². The molecule has 0 aliphatic carbocycles. The van der Waals surface area contributed by atoms with Gasteiger partial charge in [0.1, 0.15) is 0 Å². The molecule has 6 nitrogen and oxygen atoms in total. The van der Waals surface area contributed by atoms with E-state index in [2.05, 4.69) is 17.6 Å². The third-order valence-electron chi connectivity index (χ3n) is 4.60. The summed E-state index contributed by atoms with van der Waals surface area (Å²) in [5.41, 5.74) is 1.10. The summed E-state index contributed by atoms with van der Waals surface area (Å²) < 4.78 is 24.7. The number of piperidine rings is 1. The van der Waals surface area contributed by atoms with E-state index >= 15 is 0 Å². The lowest BCUT2D eigenvalue weighted by Gasteiger charge is -2.29. The van der Waals surface area contributed by atoms with Crippen molar-refractivity contribution >= 4 is 51.6 Å². The number of guanidine groups is 1. The molecule has 1 unspecified atom stereocenters. The predicted molar refractivity (Wildman–Crippen MR) is 124 cm³/mol. The Kier molecular flexibility index (Phi) is 10.4. The van der Waals surface area contributed by atoms with Crippen LogP contribution in [0.4, 0.5) is 0 Å². The van der Waals surface area contributed by atoms with Crippen molar-refractivity contribution in [2.45, 2.75) is 32.7 Å². The van der Waals surface area contributed by atoms with E-state index in [1.165, 1.54) is 6.26 Å². The van der Waals surface area contributed by atoms with Gasteiger partial charge in [0.2, 0.25) is 10.0 Å². The van der Waals surface area contributed by atoms with Crippen molar-refractivity contribution in [2.75, 3.05) is 32.4 Å². The number of nitrogens with zero attached hydrogens (tertiary/aromatic N) is 2. The minimum absolute atomic E-state index is 0. The Morgan fingerprint density at radius 1 is 1.37 bits per heavy atom. The third kappa shape index (κ3) is 8.13. The summed E-state index contributed by atoms with van der Waals surface area (Å²) >= 11 is 6.07. The monoisotopic (exact) mass is 528 g/mol. The molecule has 9 heteroatoms. The highest BCUT2D eigenvalue weighted by Crippen LogP contribution is 2.20. The molecule has 1 saturated heterocycles. The van der Waals surface area contributed by atoms with E-state index in [9.17, 15) is 8.42 Å². The van der Waals surface area contributed by atoms with Crippen molar-refractivity contribution in [2.24, 2.45) is 10.9 Å². The Hall–Kier alpha value is -0.580. The van der Waals surface area contributed by atoms with Gasteiger partial charge in [-0.1, -0.05) is 23.7 Å². The lowest BCUT2D eigenvalue weighted by Crippen LogP contribution is -2.40. The fourth-order valence-corrected chi connectivity index (χ4v) is 4.10. The molecule has 1 aliphatic heterocycles. The Balaban J connectivity index is 0.00000364. The number of hydrogen-bond acceptors (Lipinski definition) is 3. The number of benzene rings is 1. The average Bonchev–Trinajstić information content (AvgIpc) is 2.59. The summed E-state index contributed by atoms with van der Waals surface area (Å²) in [6, 6.07) is 7.87. The molecule has 1 heterocycles. The highest BCUT2D eigenvalue weighted by Gasteiger charge is 2.24. The van der Waals surface area contributed by atoms with E-state index < -0.39 is 10.0 Å². The van der Waals surface area contributed by atoms with Crippen molar-refractivity contribution in [1.29, 1.82) is 0 Å². The van der Waals surface area contributed by atoms with Gasteiger partial charge in [0.25, 0.3) is 0 Å². The van der Waals surface area contributed by atoms with Crippen LogP contribution in [0.2, 0.25) is 5.02 Å². The molecule has 1 aromatic carbocycles. The zero-order valence-electron chi connectivity index (χ0n) is 16.1. The van der Waals surface area contributed by atoms with Crippen LogP contribution < -0.4 is 10.6 Å². The van der Waals surface area contributed by atoms with Crippen LogP contribution in [-0.4, -0.2) is 51.1 Å². The maximum atomic E-state index is 11.6. The first-order chi connectivity index (χ1) is 12.3. The first-order valence-electron chi connectivity index (χ1n) is 9.05. The van der Waals surface area contributed by atoms with Crippen molar-refractivity contribution in [3.05, 3.63) is 34.9 Å². The fourth-order valence-electron chi connectivity index (χ4n) is 3.03. The zero-order chi connectivity index (χ0) is 19.2. The summed E-state index contributed by atoms with van der Waals surface area (Å²) in [5, 5.41) is 7.40. The molecule has 1 atom stereocenters. The van der Waals surface area contributed by atoms with Crippen LogP contribution in [0, 0.1) is 5.92 Å². The summed E-state index contributed by atoms with van der Waals surface area (Å²) in [6.07, 6.45) is 2.97. The first-order valence-corrected chi connectivity index (χ1v) is 11.3. The highest BCUT2D eigenvalue weighted by atomic mass is 127. The zero-order valence-corrected chi connectivity index (χ0v) is 20.0. The number of sulfonamides is 1. The second kappa shape index (κ2) is 11.4. The smallest absolute Gasteiger partial charge is 0.211 e. The molecule has 27 heavy (non-hydrogen) atoms. The predicted octanol–water partition coefficient (Wildman–Crippen LogP) is 3.25. The van der Waals surface area contributed by atoms with Gasteiger partial charge in [-0.15, -0.1) is 24.0 Å². The lowest BCUT2D eigenvalue weighted by atomic mass is 9.98. The van der Waals surface area contributed by atoms with Crippen LogP contribution in [0.3, 0.4) is 0 Å². The van der Waals surface area contributed by atoms with Crippen molar-refractivity contribution in [3.8, 4) is 0 Å². The number of hydrogen-bond donors (Lipinski definition) is 2. The quantitative estimate of drug-likeness (QED) is 0.338. The largest absolute Gasteiger partial charge is 0.357 e. The maximum absolute atomic E-state index is 11.6. The molecule has 1 aliphatic rings. The third-order valence-corrected chi connectivity index (χ3v) is 6.13. The second-order valence-corrected chi connectivity index (χ2v) is 9.16. The van der Waals surface area contributed by atoms with E-state index in [0.29, 0.717) is 25.6 Å². The minimum atomic E-state index is -3.08. The van der Waals surface area contributed by atoms with E-state index in [0.717, 1.165) is 35.9 Å². The molecule has 0 radical (unpaired) electrons. The standard InChI is InChI=1S/C18H29ClN4O2S.HI/c1-4-20-18(22-14(2)16-6-5-7-17(19)12-16)21-13-15-8-10-23(11-9-15)26(3,24)25;/h5-7,12,14-15H,4,8-11,13H2,1-3H3,(H2,20,21,22);1H. The Bertz CT molecular complexity index is 722. The molecule has 0 bridgehead atoms. The van der Waals surface area contributed by atoms with Crippen molar-refractivity contribution in [3.63, 3.8) is 0 Å². The summed E-state index contributed by atoms with van der Waals surface area (Å²) in [7, 11) is -3.08. The lowest BCUT2D eigenvalue weighted by molar-refractivity contribution is 0.280. The van der Waals surface area contributed by atoms with Gasteiger partial charge in [-0.25, -0.2) is 12.7 Å². The maximum Gasteiger partial charge on any atom is 0.211 e. The van der Waals surface area contributed by atoms with Crippen LogP contribution in [0.1, 0.15) is 38.3 Å². The van der Waals surface area contributed by atoms with Gasteiger partial charge in [0, 0.05) is 31.2 Å². The number of nitrogens with one attached hydrogen (secondary N) is 2. The van der Waals surface area contributed by atoms with E-state index in [4.69, 9.17) is 16.6 Å². The van der Waals surface area contributed by atoms with E-state index in [1.54, 1.807) is 4.31 Å². The van der Waals surface area contributed by atoms with Gasteiger partial charge in [0.15, 0.2) is 5.96 Å². The Labute approximate surface area is 185 Å². The van der Waals surface area contributed by atoms with Gasteiger partial charge in [0.05, 0.1) is 12.3 Å². The SMILES string of the molecule is CCNC(=NCC1CCN(S(C)(=O)=O)CC1)NC(C)c1cccc(Cl)c1.I. The molecule has 0 aromatic heterocycles. The van der Waals surface area contributed by atoms with Crippen molar-refractivity contribution < 1.29 is 8.42 Å². The van der Waals surface area contributed by atoms with Gasteiger partial charge in [-0.3, -0.25) is 4.99 Å². The molecule has 1 fully saturated rings. The molecule has 1 aromatic rings. The molecule has 0 spiro atoms. The molecular formula is C18H30ClIN4O2S. The molecule has 2 rings (SSSR count). The summed E-state index contributed by atoms with van der Waals surface area (Å²) in [4.78, 5) is 4.71. The minimum Gasteiger partial charge on any atom is -0.357 e. The van der Waals surface area contributed by atoms with Crippen LogP contribution in [-0.2, 0) is 10.0 Å². The number of rotatable bonds is 6. The summed E-state index contributed by atoms with van der Waals surface area (Å²) in [6.45, 7) is 6.74. The van der Waals surface area contributed by atoms with Crippen molar-refractivity contribution in [1.82, 2.24) is 14.9 Å². The number of halogens is 2. The number of aliphatic imine (C=N–C) groups is 1. The first kappa shape index (κ1) is 24.5.